The number of nitriles is 1. The highest BCUT2D eigenvalue weighted by Gasteiger charge is 2.09. The van der Waals surface area contributed by atoms with Gasteiger partial charge in [-0.05, 0) is 26.1 Å². The van der Waals surface area contributed by atoms with E-state index in [4.69, 9.17) is 23.2 Å². The quantitative estimate of drug-likeness (QED) is 0.736. The summed E-state index contributed by atoms with van der Waals surface area (Å²) < 4.78 is 3.84. The molecule has 1 heterocycles. The van der Waals surface area contributed by atoms with Crippen molar-refractivity contribution < 1.29 is 0 Å². The summed E-state index contributed by atoms with van der Waals surface area (Å²) in [6.07, 6.45) is 0. The largest absolute Gasteiger partial charge is 0.384 e. The first-order valence-corrected chi connectivity index (χ1v) is 5.30. The van der Waals surface area contributed by atoms with Crippen LogP contribution in [0.15, 0.2) is 4.99 Å². The molecule has 0 atom stereocenters. The molecule has 0 saturated heterocycles. The fourth-order valence-electron chi connectivity index (χ4n) is 1.37. The highest BCUT2D eigenvalue weighted by molar-refractivity contribution is 7.71. The lowest BCUT2D eigenvalue weighted by atomic mass is 10.3. The van der Waals surface area contributed by atoms with Gasteiger partial charge in [-0.1, -0.05) is 0 Å². The van der Waals surface area contributed by atoms with Crippen molar-refractivity contribution in [3.8, 4) is 6.07 Å². The van der Waals surface area contributed by atoms with Crippen molar-refractivity contribution in [3.05, 3.63) is 15.8 Å². The summed E-state index contributed by atoms with van der Waals surface area (Å²) in [5.41, 5.74) is 6.75. The molecule has 0 radical (unpaired) electrons. The van der Waals surface area contributed by atoms with E-state index in [0.717, 1.165) is 0 Å². The molecule has 0 spiro atoms. The molecule has 0 unspecified atom stereocenters. The minimum absolute atomic E-state index is 0.0832. The standard InChI is InChI=1S/C10H15N5S/c1-6(2)13-9-7(5-11)8(12)14(3)10(16)15(9)4/h6H,12H2,1-4H3. The van der Waals surface area contributed by atoms with Crippen LogP contribution in [-0.2, 0) is 14.1 Å². The van der Waals surface area contributed by atoms with E-state index < -0.39 is 0 Å². The Balaban J connectivity index is 3.89. The lowest BCUT2D eigenvalue weighted by Crippen LogP contribution is -2.29. The van der Waals surface area contributed by atoms with E-state index in [-0.39, 0.29) is 6.04 Å². The summed E-state index contributed by atoms with van der Waals surface area (Å²) >= 11 is 5.21. The Labute approximate surface area is 99.5 Å². The SMILES string of the molecule is CC(C)N=c1c(C#N)c(N)n(C)c(=S)n1C. The van der Waals surface area contributed by atoms with Gasteiger partial charge in [0.25, 0.3) is 0 Å². The van der Waals surface area contributed by atoms with Crippen LogP contribution >= 0.6 is 12.2 Å². The molecule has 0 bridgehead atoms. The van der Waals surface area contributed by atoms with Gasteiger partial charge in [-0.15, -0.1) is 0 Å². The Hall–Kier alpha value is -1.61. The molecular weight excluding hydrogens is 222 g/mol. The van der Waals surface area contributed by atoms with Gasteiger partial charge in [0.2, 0.25) is 0 Å². The topological polar surface area (TPSA) is 72.0 Å². The van der Waals surface area contributed by atoms with E-state index >= 15 is 0 Å². The van der Waals surface area contributed by atoms with Crippen molar-refractivity contribution in [2.75, 3.05) is 5.73 Å². The van der Waals surface area contributed by atoms with Crippen molar-refractivity contribution in [2.24, 2.45) is 19.1 Å². The summed E-state index contributed by atoms with van der Waals surface area (Å²) in [5.74, 6) is 0.352. The zero-order chi connectivity index (χ0) is 12.5. The predicted molar refractivity (Wildman–Crippen MR) is 65.0 cm³/mol. The van der Waals surface area contributed by atoms with E-state index in [1.54, 1.807) is 23.2 Å². The number of rotatable bonds is 1. The Kier molecular flexibility index (Phi) is 3.50. The number of anilines is 1. The third-order valence-corrected chi connectivity index (χ3v) is 2.77. The zero-order valence-corrected chi connectivity index (χ0v) is 10.7. The number of aromatic nitrogens is 2. The van der Waals surface area contributed by atoms with Crippen LogP contribution in [0.2, 0.25) is 0 Å². The van der Waals surface area contributed by atoms with E-state index in [2.05, 4.69) is 11.1 Å². The molecule has 0 aliphatic rings. The Morgan fingerprint density at radius 3 is 2.38 bits per heavy atom. The third-order valence-electron chi connectivity index (χ3n) is 2.22. The van der Waals surface area contributed by atoms with Crippen LogP contribution in [0.25, 0.3) is 0 Å². The van der Waals surface area contributed by atoms with Crippen LogP contribution in [0.1, 0.15) is 19.4 Å². The molecule has 1 aromatic heterocycles. The maximum absolute atomic E-state index is 9.10. The Morgan fingerprint density at radius 2 is 1.94 bits per heavy atom. The highest BCUT2D eigenvalue weighted by atomic mass is 32.1. The minimum atomic E-state index is 0.0832. The van der Waals surface area contributed by atoms with E-state index in [1.165, 1.54) is 0 Å². The Morgan fingerprint density at radius 1 is 1.38 bits per heavy atom. The van der Waals surface area contributed by atoms with Crippen molar-refractivity contribution in [1.82, 2.24) is 9.13 Å². The molecule has 16 heavy (non-hydrogen) atoms. The number of nitrogens with two attached hydrogens (primary N) is 1. The van der Waals surface area contributed by atoms with E-state index in [0.29, 0.717) is 21.6 Å². The number of hydrogen-bond acceptors (Lipinski definition) is 4. The average Bonchev–Trinajstić information content (AvgIpc) is 2.23. The lowest BCUT2D eigenvalue weighted by molar-refractivity contribution is 0.676. The Bertz CT molecular complexity index is 571. The molecule has 1 rings (SSSR count). The van der Waals surface area contributed by atoms with Gasteiger partial charge in [0, 0.05) is 20.1 Å². The first-order chi connectivity index (χ1) is 7.40. The fourth-order valence-corrected chi connectivity index (χ4v) is 1.56. The van der Waals surface area contributed by atoms with Crippen molar-refractivity contribution in [1.29, 1.82) is 5.26 Å². The summed E-state index contributed by atoms with van der Waals surface area (Å²) in [6, 6.07) is 2.15. The normalized spacial score (nSPS) is 11.9. The average molecular weight is 237 g/mol. The molecule has 6 heteroatoms. The van der Waals surface area contributed by atoms with Gasteiger partial charge in [0.15, 0.2) is 10.3 Å². The van der Waals surface area contributed by atoms with Crippen LogP contribution in [0.5, 0.6) is 0 Å². The zero-order valence-electron chi connectivity index (χ0n) is 9.85. The maximum atomic E-state index is 9.10. The second-order valence-corrected chi connectivity index (χ2v) is 4.18. The molecule has 0 saturated carbocycles. The first-order valence-electron chi connectivity index (χ1n) is 4.89. The second kappa shape index (κ2) is 4.49. The molecule has 2 N–H and O–H groups in total. The molecule has 0 aliphatic heterocycles. The second-order valence-electron chi connectivity index (χ2n) is 3.82. The highest BCUT2D eigenvalue weighted by Crippen LogP contribution is 2.05. The van der Waals surface area contributed by atoms with Crippen molar-refractivity contribution in [3.63, 3.8) is 0 Å². The van der Waals surface area contributed by atoms with Gasteiger partial charge in [-0.3, -0.25) is 4.99 Å². The van der Waals surface area contributed by atoms with E-state index in [1.807, 2.05) is 13.8 Å². The molecular formula is C10H15N5S. The minimum Gasteiger partial charge on any atom is -0.384 e. The summed E-state index contributed by atoms with van der Waals surface area (Å²) in [5, 5.41) is 9.10. The number of hydrogen-bond donors (Lipinski definition) is 1. The van der Waals surface area contributed by atoms with Gasteiger partial charge < -0.3 is 14.9 Å². The molecule has 1 aromatic rings. The summed E-state index contributed by atoms with van der Waals surface area (Å²) in [7, 11) is 3.52. The van der Waals surface area contributed by atoms with Crippen molar-refractivity contribution >= 4 is 18.0 Å². The van der Waals surface area contributed by atoms with Gasteiger partial charge in [-0.2, -0.15) is 5.26 Å². The maximum Gasteiger partial charge on any atom is 0.182 e. The van der Waals surface area contributed by atoms with Crippen LogP contribution in [-0.4, -0.2) is 15.2 Å². The number of nitrogens with zero attached hydrogens (tertiary/aromatic N) is 4. The van der Waals surface area contributed by atoms with Gasteiger partial charge >= 0.3 is 0 Å². The summed E-state index contributed by atoms with van der Waals surface area (Å²) in [4.78, 5) is 4.37. The number of nitrogen functional groups attached to an aromatic ring is 1. The molecule has 5 nitrogen and oxygen atoms in total. The summed E-state index contributed by atoms with van der Waals surface area (Å²) in [6.45, 7) is 3.88. The molecule has 0 aromatic carbocycles. The van der Waals surface area contributed by atoms with Crippen molar-refractivity contribution in [2.45, 2.75) is 19.9 Å². The molecule has 0 amide bonds. The third kappa shape index (κ3) is 1.99. The monoisotopic (exact) mass is 237 g/mol. The van der Waals surface area contributed by atoms with E-state index in [9.17, 15) is 0 Å². The van der Waals surface area contributed by atoms with Gasteiger partial charge in [0.1, 0.15) is 17.5 Å². The smallest absolute Gasteiger partial charge is 0.182 e. The van der Waals surface area contributed by atoms with Crippen LogP contribution in [0, 0.1) is 16.1 Å². The van der Waals surface area contributed by atoms with Crippen LogP contribution < -0.4 is 11.2 Å². The van der Waals surface area contributed by atoms with Gasteiger partial charge in [-0.25, -0.2) is 0 Å². The molecule has 0 fully saturated rings. The van der Waals surface area contributed by atoms with Crippen LogP contribution in [0.3, 0.4) is 0 Å². The molecule has 86 valence electrons. The predicted octanol–water partition coefficient (Wildman–Crippen LogP) is 0.856. The lowest BCUT2D eigenvalue weighted by Gasteiger charge is -2.11. The van der Waals surface area contributed by atoms with Crippen LogP contribution in [0.4, 0.5) is 5.82 Å². The van der Waals surface area contributed by atoms with Gasteiger partial charge in [0.05, 0.1) is 0 Å². The fraction of sp³-hybridized carbons (Fsp3) is 0.500. The first kappa shape index (κ1) is 12.5. The molecule has 0 aliphatic carbocycles.